The van der Waals surface area contributed by atoms with Crippen molar-refractivity contribution < 1.29 is 18.3 Å². The highest BCUT2D eigenvalue weighted by molar-refractivity contribution is 5.82. The molecule has 0 unspecified atom stereocenters. The third-order valence-corrected chi connectivity index (χ3v) is 6.15. The Kier molecular flexibility index (Phi) is 6.87. The van der Waals surface area contributed by atoms with Crippen LogP contribution in [0.5, 0.6) is 0 Å². The molecule has 2 heterocycles. The van der Waals surface area contributed by atoms with E-state index < -0.39 is 17.2 Å². The number of hydrogen-bond acceptors (Lipinski definition) is 7. The number of carbonyl (C=O) groups is 1. The molecule has 0 saturated heterocycles. The van der Waals surface area contributed by atoms with E-state index >= 15 is 0 Å². The number of aromatic nitrogens is 3. The number of fused-ring (bicyclic) bond motifs is 1. The predicted molar refractivity (Wildman–Crippen MR) is 132 cm³/mol. The van der Waals surface area contributed by atoms with E-state index in [9.17, 15) is 13.6 Å². The number of aryl methyl sites for hydroxylation is 1. The molecule has 1 fully saturated rings. The lowest BCUT2D eigenvalue weighted by molar-refractivity contribution is -0.156. The molecular weight excluding hydrogens is 452 g/mol. The number of rotatable bonds is 5. The number of anilines is 2. The van der Waals surface area contributed by atoms with Gasteiger partial charge in [0.25, 0.3) is 0 Å². The molecule has 1 aromatic carbocycles. The Morgan fingerprint density at radius 3 is 2.51 bits per heavy atom. The fourth-order valence-corrected chi connectivity index (χ4v) is 4.46. The molecule has 0 radical (unpaired) electrons. The van der Waals surface area contributed by atoms with Crippen molar-refractivity contribution in [1.29, 1.82) is 0 Å². The summed E-state index contributed by atoms with van der Waals surface area (Å²) in [5.74, 6) is -0.663. The number of carbonyl (C=O) groups excluding carboxylic acids is 1. The van der Waals surface area contributed by atoms with Crippen molar-refractivity contribution in [2.75, 3.05) is 11.1 Å². The number of esters is 1. The Morgan fingerprint density at radius 1 is 1.11 bits per heavy atom. The lowest BCUT2D eigenvalue weighted by Gasteiger charge is -2.29. The van der Waals surface area contributed by atoms with Gasteiger partial charge in [-0.3, -0.25) is 4.79 Å². The number of nitrogens with zero attached hydrogens (tertiary/aromatic N) is 3. The summed E-state index contributed by atoms with van der Waals surface area (Å²) in [7, 11) is 0. The summed E-state index contributed by atoms with van der Waals surface area (Å²) >= 11 is 0. The van der Waals surface area contributed by atoms with E-state index in [1.807, 2.05) is 27.7 Å². The van der Waals surface area contributed by atoms with E-state index in [-0.39, 0.29) is 23.3 Å². The zero-order chi connectivity index (χ0) is 25.3. The largest absolute Gasteiger partial charge is 0.460 e. The van der Waals surface area contributed by atoms with Gasteiger partial charge in [-0.2, -0.15) is 0 Å². The Hall–Kier alpha value is -3.36. The van der Waals surface area contributed by atoms with Crippen molar-refractivity contribution >= 4 is 28.6 Å². The minimum Gasteiger partial charge on any atom is -0.460 e. The molecule has 0 spiro atoms. The summed E-state index contributed by atoms with van der Waals surface area (Å²) in [5, 5.41) is 3.39. The second kappa shape index (κ2) is 9.71. The van der Waals surface area contributed by atoms with Gasteiger partial charge in [0.2, 0.25) is 5.95 Å². The molecule has 2 aromatic heterocycles. The number of hydrogen-bond donors (Lipinski definition) is 2. The highest BCUT2D eigenvalue weighted by atomic mass is 19.1. The second-order valence-corrected chi connectivity index (χ2v) is 10.3. The Labute approximate surface area is 203 Å². The molecule has 1 saturated carbocycles. The lowest BCUT2D eigenvalue weighted by Crippen LogP contribution is -2.30. The number of pyridine rings is 1. The number of benzene rings is 1. The average molecular weight is 484 g/mol. The van der Waals surface area contributed by atoms with Crippen LogP contribution >= 0.6 is 0 Å². The first kappa shape index (κ1) is 24.8. The van der Waals surface area contributed by atoms with Crippen LogP contribution in [0.15, 0.2) is 24.4 Å². The topological polar surface area (TPSA) is 103 Å². The SMILES string of the molecule is Cc1cc(-c2cc(F)c(N)cc2F)nc2cnc(NC3CCC(CC(=O)OC(C)(C)C)CC3)nc12. The molecule has 9 heteroatoms. The number of nitrogen functional groups attached to an aromatic ring is 1. The number of ether oxygens (including phenoxy) is 1. The van der Waals surface area contributed by atoms with E-state index in [1.54, 1.807) is 12.3 Å². The molecule has 1 aliphatic carbocycles. The first-order valence-corrected chi connectivity index (χ1v) is 11.9. The first-order valence-electron chi connectivity index (χ1n) is 11.9. The molecule has 186 valence electrons. The van der Waals surface area contributed by atoms with Gasteiger partial charge in [0.15, 0.2) is 0 Å². The fourth-order valence-electron chi connectivity index (χ4n) is 4.46. The van der Waals surface area contributed by atoms with Crippen molar-refractivity contribution in [2.45, 2.75) is 71.4 Å². The van der Waals surface area contributed by atoms with E-state index in [2.05, 4.69) is 20.3 Å². The van der Waals surface area contributed by atoms with Crippen molar-refractivity contribution in [2.24, 2.45) is 5.92 Å². The Bertz CT molecular complexity index is 1250. The van der Waals surface area contributed by atoms with E-state index in [0.717, 1.165) is 43.4 Å². The first-order chi connectivity index (χ1) is 16.5. The van der Waals surface area contributed by atoms with Crippen molar-refractivity contribution in [3.8, 4) is 11.3 Å². The van der Waals surface area contributed by atoms with Gasteiger partial charge in [-0.25, -0.2) is 23.7 Å². The van der Waals surface area contributed by atoms with Crippen molar-refractivity contribution in [3.63, 3.8) is 0 Å². The second-order valence-electron chi connectivity index (χ2n) is 10.3. The van der Waals surface area contributed by atoms with Crippen LogP contribution in [-0.4, -0.2) is 32.6 Å². The number of nitrogens with one attached hydrogen (secondary N) is 1. The third kappa shape index (κ3) is 6.01. The normalized spacial score (nSPS) is 18.5. The minimum atomic E-state index is -0.697. The molecule has 35 heavy (non-hydrogen) atoms. The van der Waals surface area contributed by atoms with E-state index in [0.29, 0.717) is 35.0 Å². The molecule has 4 rings (SSSR count). The van der Waals surface area contributed by atoms with Gasteiger partial charge in [0.1, 0.15) is 22.8 Å². The van der Waals surface area contributed by atoms with Gasteiger partial charge in [0, 0.05) is 24.1 Å². The average Bonchev–Trinajstić information content (AvgIpc) is 2.76. The monoisotopic (exact) mass is 483 g/mol. The summed E-state index contributed by atoms with van der Waals surface area (Å²) in [6.07, 6.45) is 5.71. The zero-order valence-electron chi connectivity index (χ0n) is 20.5. The van der Waals surface area contributed by atoms with Crippen LogP contribution in [0.4, 0.5) is 20.4 Å². The summed E-state index contributed by atoms with van der Waals surface area (Å²) in [5.41, 5.74) is 6.96. The Balaban J connectivity index is 1.43. The molecule has 1 aliphatic rings. The van der Waals surface area contributed by atoms with Gasteiger partial charge in [-0.1, -0.05) is 0 Å². The van der Waals surface area contributed by atoms with Gasteiger partial charge in [-0.05, 0) is 77.0 Å². The zero-order valence-corrected chi connectivity index (χ0v) is 20.5. The van der Waals surface area contributed by atoms with Gasteiger partial charge < -0.3 is 15.8 Å². The van der Waals surface area contributed by atoms with Crippen LogP contribution in [0.3, 0.4) is 0 Å². The molecule has 3 aromatic rings. The standard InChI is InChI=1S/C26H31F2N5O2/c1-14-9-21(17-11-19(28)20(29)12-18(17)27)32-22-13-30-25(33-24(14)22)31-16-7-5-15(6-8-16)10-23(34)35-26(2,3)4/h9,11-13,15-16H,5-8,10,29H2,1-4H3,(H,30,31,33). The van der Waals surface area contributed by atoms with Gasteiger partial charge in [0.05, 0.1) is 23.1 Å². The van der Waals surface area contributed by atoms with Crippen LogP contribution in [-0.2, 0) is 9.53 Å². The van der Waals surface area contributed by atoms with E-state index in [1.165, 1.54) is 0 Å². The third-order valence-electron chi connectivity index (χ3n) is 6.15. The molecule has 7 nitrogen and oxygen atoms in total. The molecule has 0 amide bonds. The molecule has 3 N–H and O–H groups in total. The highest BCUT2D eigenvalue weighted by Crippen LogP contribution is 2.31. The molecule has 0 aliphatic heterocycles. The highest BCUT2D eigenvalue weighted by Gasteiger charge is 2.26. The molecule has 0 bridgehead atoms. The maximum absolute atomic E-state index is 14.4. The van der Waals surface area contributed by atoms with Crippen LogP contribution < -0.4 is 11.1 Å². The van der Waals surface area contributed by atoms with E-state index in [4.69, 9.17) is 10.5 Å². The summed E-state index contributed by atoms with van der Waals surface area (Å²) < 4.78 is 33.7. The smallest absolute Gasteiger partial charge is 0.306 e. The summed E-state index contributed by atoms with van der Waals surface area (Å²) in [6.45, 7) is 7.48. The molecular formula is C26H31F2N5O2. The Morgan fingerprint density at radius 2 is 1.83 bits per heavy atom. The minimum absolute atomic E-state index is 0.0343. The van der Waals surface area contributed by atoms with Crippen LogP contribution in [0.2, 0.25) is 0 Å². The number of halogens is 2. The van der Waals surface area contributed by atoms with Gasteiger partial charge >= 0.3 is 5.97 Å². The summed E-state index contributed by atoms with van der Waals surface area (Å²) in [6, 6.07) is 3.89. The predicted octanol–water partition coefficient (Wildman–Crippen LogP) is 5.56. The van der Waals surface area contributed by atoms with Gasteiger partial charge in [-0.15, -0.1) is 0 Å². The van der Waals surface area contributed by atoms with Crippen molar-refractivity contribution in [1.82, 2.24) is 15.0 Å². The summed E-state index contributed by atoms with van der Waals surface area (Å²) in [4.78, 5) is 25.6. The van der Waals surface area contributed by atoms with Crippen LogP contribution in [0.25, 0.3) is 22.3 Å². The fraction of sp³-hybridized carbons (Fsp3) is 0.462. The molecule has 0 atom stereocenters. The maximum atomic E-state index is 14.4. The van der Waals surface area contributed by atoms with Crippen LogP contribution in [0.1, 0.15) is 58.4 Å². The lowest BCUT2D eigenvalue weighted by atomic mass is 9.84. The quantitative estimate of drug-likeness (QED) is 0.362. The maximum Gasteiger partial charge on any atom is 0.306 e. The van der Waals surface area contributed by atoms with Crippen LogP contribution in [0, 0.1) is 24.5 Å². The van der Waals surface area contributed by atoms with Crippen molar-refractivity contribution in [3.05, 3.63) is 41.6 Å². The number of nitrogens with two attached hydrogens (primary N) is 1.